The summed E-state index contributed by atoms with van der Waals surface area (Å²) in [4.78, 5) is 0. The van der Waals surface area contributed by atoms with E-state index in [-0.39, 0.29) is 12.1 Å². The summed E-state index contributed by atoms with van der Waals surface area (Å²) >= 11 is 0. The molecule has 0 bridgehead atoms. The van der Waals surface area contributed by atoms with Crippen LogP contribution in [0, 0.1) is 18.3 Å². The number of hydrogen-bond acceptors (Lipinski definition) is 3. The number of anilines is 1. The van der Waals surface area contributed by atoms with Crippen LogP contribution in [0.3, 0.4) is 0 Å². The summed E-state index contributed by atoms with van der Waals surface area (Å²) in [6, 6.07) is 7.91. The molecule has 0 aliphatic carbocycles. The van der Waals surface area contributed by atoms with Crippen molar-refractivity contribution in [1.82, 2.24) is 0 Å². The van der Waals surface area contributed by atoms with E-state index in [1.54, 1.807) is 0 Å². The topological polar surface area (TPSA) is 56.0 Å². The van der Waals surface area contributed by atoms with E-state index in [4.69, 9.17) is 10.4 Å². The van der Waals surface area contributed by atoms with Gasteiger partial charge in [-0.25, -0.2) is 0 Å². The Bertz CT molecular complexity index is 405. The number of nitrogens with zero attached hydrogens (tertiary/aromatic N) is 1. The Morgan fingerprint density at radius 2 is 2.12 bits per heavy atom. The summed E-state index contributed by atoms with van der Waals surface area (Å²) in [5.74, 6) is 0. The summed E-state index contributed by atoms with van der Waals surface area (Å²) in [5.41, 5.74) is 2.33. The molecule has 0 aliphatic rings. The molecule has 0 heterocycles. The number of nitriles is 1. The molecule has 3 heteroatoms. The number of hydrogen-bond donors (Lipinski definition) is 2. The van der Waals surface area contributed by atoms with Gasteiger partial charge in [0, 0.05) is 12.1 Å². The zero-order chi connectivity index (χ0) is 12.2. The predicted octanol–water partition coefficient (Wildman–Crippen LogP) is 2.44. The lowest BCUT2D eigenvalue weighted by Crippen LogP contribution is -2.32. The van der Waals surface area contributed by atoms with Crippen molar-refractivity contribution in [2.45, 2.75) is 32.7 Å². The molecule has 0 saturated heterocycles. The minimum absolute atomic E-state index is 0.133. The third-order valence-corrected chi connectivity index (χ3v) is 2.51. The van der Waals surface area contributed by atoms with E-state index in [0.717, 1.165) is 11.3 Å². The Morgan fingerprint density at radius 3 is 2.69 bits per heavy atom. The highest BCUT2D eigenvalue weighted by Crippen LogP contribution is 2.22. The molecule has 2 N–H and O–H groups in total. The average molecular weight is 218 g/mol. The van der Waals surface area contributed by atoms with Gasteiger partial charge < -0.3 is 10.4 Å². The summed E-state index contributed by atoms with van der Waals surface area (Å²) in [7, 11) is 0. The lowest BCUT2D eigenvalue weighted by atomic mass is 9.99. The number of nitrogens with one attached hydrogen (secondary N) is 1. The molecule has 0 aliphatic heterocycles. The number of rotatable bonds is 4. The fourth-order valence-corrected chi connectivity index (χ4v) is 1.57. The van der Waals surface area contributed by atoms with Crippen LogP contribution in [0.4, 0.5) is 5.69 Å². The van der Waals surface area contributed by atoms with Gasteiger partial charge in [0.1, 0.15) is 6.07 Å². The standard InChI is InChI=1S/C13H18N2O/c1-10-4-5-12(11(8-10)9-14)15-13(2,3)6-7-16/h4-5,8,15-16H,6-7H2,1-3H3. The molecular weight excluding hydrogens is 200 g/mol. The average Bonchev–Trinajstić information content (AvgIpc) is 2.20. The fourth-order valence-electron chi connectivity index (χ4n) is 1.57. The molecule has 0 saturated carbocycles. The molecule has 1 aromatic carbocycles. The van der Waals surface area contributed by atoms with Gasteiger partial charge >= 0.3 is 0 Å². The van der Waals surface area contributed by atoms with Crippen molar-refractivity contribution >= 4 is 5.69 Å². The lowest BCUT2D eigenvalue weighted by Gasteiger charge is -2.27. The van der Waals surface area contributed by atoms with Crippen LogP contribution in [0.25, 0.3) is 0 Å². The zero-order valence-electron chi connectivity index (χ0n) is 10.0. The number of aliphatic hydroxyl groups excluding tert-OH is 1. The normalized spacial score (nSPS) is 10.9. The van der Waals surface area contributed by atoms with Gasteiger partial charge in [0.05, 0.1) is 11.3 Å². The fraction of sp³-hybridized carbons (Fsp3) is 0.462. The van der Waals surface area contributed by atoms with Crippen molar-refractivity contribution < 1.29 is 5.11 Å². The first-order chi connectivity index (χ1) is 7.48. The molecule has 0 radical (unpaired) electrons. The number of benzene rings is 1. The van der Waals surface area contributed by atoms with Crippen molar-refractivity contribution in [2.24, 2.45) is 0 Å². The third kappa shape index (κ3) is 3.25. The van der Waals surface area contributed by atoms with E-state index in [2.05, 4.69) is 11.4 Å². The molecule has 1 aromatic rings. The second-order valence-electron chi connectivity index (χ2n) is 4.64. The first-order valence-electron chi connectivity index (χ1n) is 5.38. The van der Waals surface area contributed by atoms with Crippen LogP contribution in [-0.4, -0.2) is 17.3 Å². The second kappa shape index (κ2) is 5.00. The molecule has 0 fully saturated rings. The van der Waals surface area contributed by atoms with E-state index in [9.17, 15) is 0 Å². The molecule has 3 nitrogen and oxygen atoms in total. The smallest absolute Gasteiger partial charge is 0.101 e. The van der Waals surface area contributed by atoms with Gasteiger partial charge in [-0.3, -0.25) is 0 Å². The summed E-state index contributed by atoms with van der Waals surface area (Å²) < 4.78 is 0. The van der Waals surface area contributed by atoms with Crippen molar-refractivity contribution in [1.29, 1.82) is 5.26 Å². The van der Waals surface area contributed by atoms with Gasteiger partial charge in [-0.1, -0.05) is 6.07 Å². The van der Waals surface area contributed by atoms with Gasteiger partial charge in [0.15, 0.2) is 0 Å². The SMILES string of the molecule is Cc1ccc(NC(C)(C)CCO)c(C#N)c1. The minimum atomic E-state index is -0.213. The lowest BCUT2D eigenvalue weighted by molar-refractivity contribution is 0.261. The molecule has 0 atom stereocenters. The third-order valence-electron chi connectivity index (χ3n) is 2.51. The van der Waals surface area contributed by atoms with Crippen molar-refractivity contribution in [3.05, 3.63) is 29.3 Å². The largest absolute Gasteiger partial charge is 0.396 e. The molecule has 0 unspecified atom stereocenters. The maximum absolute atomic E-state index is 9.03. The summed E-state index contributed by atoms with van der Waals surface area (Å²) in [6.45, 7) is 6.10. The highest BCUT2D eigenvalue weighted by atomic mass is 16.3. The van der Waals surface area contributed by atoms with Crippen LogP contribution >= 0.6 is 0 Å². The Balaban J connectivity index is 2.93. The van der Waals surface area contributed by atoms with Crippen LogP contribution in [0.1, 0.15) is 31.4 Å². The predicted molar refractivity (Wildman–Crippen MR) is 65.3 cm³/mol. The van der Waals surface area contributed by atoms with Gasteiger partial charge in [0.25, 0.3) is 0 Å². The van der Waals surface area contributed by atoms with Gasteiger partial charge in [0.2, 0.25) is 0 Å². The summed E-state index contributed by atoms with van der Waals surface area (Å²) in [6.07, 6.45) is 0.645. The van der Waals surface area contributed by atoms with Crippen molar-refractivity contribution in [3.63, 3.8) is 0 Å². The van der Waals surface area contributed by atoms with Crippen LogP contribution in [0.2, 0.25) is 0 Å². The van der Waals surface area contributed by atoms with E-state index in [1.165, 1.54) is 0 Å². The highest BCUT2D eigenvalue weighted by Gasteiger charge is 2.17. The van der Waals surface area contributed by atoms with E-state index >= 15 is 0 Å². The zero-order valence-corrected chi connectivity index (χ0v) is 10.0. The molecule has 86 valence electrons. The monoisotopic (exact) mass is 218 g/mol. The quantitative estimate of drug-likeness (QED) is 0.816. The van der Waals surface area contributed by atoms with E-state index in [0.29, 0.717) is 12.0 Å². The van der Waals surface area contributed by atoms with Crippen molar-refractivity contribution in [2.75, 3.05) is 11.9 Å². The van der Waals surface area contributed by atoms with E-state index in [1.807, 2.05) is 39.0 Å². The second-order valence-corrected chi connectivity index (χ2v) is 4.64. The Morgan fingerprint density at radius 1 is 1.44 bits per heavy atom. The Kier molecular flexibility index (Phi) is 3.92. The number of aliphatic hydroxyl groups is 1. The molecular formula is C13H18N2O. The molecule has 0 aromatic heterocycles. The molecule has 1 rings (SSSR count). The molecule has 16 heavy (non-hydrogen) atoms. The maximum Gasteiger partial charge on any atom is 0.101 e. The van der Waals surface area contributed by atoms with Crippen LogP contribution in [0.15, 0.2) is 18.2 Å². The first-order valence-corrected chi connectivity index (χ1v) is 5.38. The van der Waals surface area contributed by atoms with Crippen LogP contribution in [-0.2, 0) is 0 Å². The Labute approximate surface area is 96.7 Å². The number of aryl methyl sites for hydroxylation is 1. The van der Waals surface area contributed by atoms with E-state index < -0.39 is 0 Å². The van der Waals surface area contributed by atoms with Crippen LogP contribution < -0.4 is 5.32 Å². The Hall–Kier alpha value is -1.53. The van der Waals surface area contributed by atoms with Crippen molar-refractivity contribution in [3.8, 4) is 6.07 Å². The highest BCUT2D eigenvalue weighted by molar-refractivity contribution is 5.59. The van der Waals surface area contributed by atoms with Gasteiger partial charge in [-0.15, -0.1) is 0 Å². The van der Waals surface area contributed by atoms with Gasteiger partial charge in [-0.2, -0.15) is 5.26 Å². The molecule has 0 amide bonds. The summed E-state index contributed by atoms with van der Waals surface area (Å²) in [5, 5.41) is 21.3. The maximum atomic E-state index is 9.03. The van der Waals surface area contributed by atoms with Gasteiger partial charge in [-0.05, 0) is 44.9 Å². The first kappa shape index (κ1) is 12.5. The van der Waals surface area contributed by atoms with Crippen LogP contribution in [0.5, 0.6) is 0 Å². The minimum Gasteiger partial charge on any atom is -0.396 e. The molecule has 0 spiro atoms.